The number of carbonyl (C=O) groups excluding carboxylic acids is 2. The van der Waals surface area contributed by atoms with Crippen molar-refractivity contribution in [2.45, 2.75) is 28.5 Å². The summed E-state index contributed by atoms with van der Waals surface area (Å²) in [6.07, 6.45) is 0. The van der Waals surface area contributed by atoms with Crippen molar-refractivity contribution in [3.63, 3.8) is 0 Å². The van der Waals surface area contributed by atoms with E-state index >= 15 is 0 Å². The van der Waals surface area contributed by atoms with Gasteiger partial charge in [-0.15, -0.1) is 0 Å². The van der Waals surface area contributed by atoms with E-state index < -0.39 is 39.9 Å². The summed E-state index contributed by atoms with van der Waals surface area (Å²) in [5.41, 5.74) is 4.60. The maximum Gasteiger partial charge on any atom is 0.262 e. The molecule has 1 fully saturated rings. The Balaban J connectivity index is 2.08. The number of nitrogens with two attached hydrogens (primary N) is 1. The number of amides is 2. The maximum absolute atomic E-state index is 13.1. The van der Waals surface area contributed by atoms with Crippen LogP contribution in [0.2, 0.25) is 15.1 Å². The molecule has 0 spiro atoms. The zero-order valence-electron chi connectivity index (χ0n) is 15.8. The van der Waals surface area contributed by atoms with Gasteiger partial charge in [-0.25, -0.2) is 8.78 Å². The summed E-state index contributed by atoms with van der Waals surface area (Å²) in [7, 11) is 0. The second kappa shape index (κ2) is 8.23. The van der Waals surface area contributed by atoms with Crippen LogP contribution in [0.15, 0.2) is 36.4 Å². The number of nitrogens with one attached hydrogen (secondary N) is 1. The summed E-state index contributed by atoms with van der Waals surface area (Å²) in [6.45, 7) is -0.237. The summed E-state index contributed by atoms with van der Waals surface area (Å²) in [4.78, 5) is 25.1. The molecule has 3 N–H and O–H groups in total. The van der Waals surface area contributed by atoms with E-state index in [1.54, 1.807) is 12.1 Å². The predicted molar refractivity (Wildman–Crippen MR) is 119 cm³/mol. The summed E-state index contributed by atoms with van der Waals surface area (Å²) in [5, 5.41) is 2.68. The Morgan fingerprint density at radius 2 is 1.68 bits per heavy atom. The fraction of sp³-hybridized carbons (Fsp3) is 0.300. The zero-order chi connectivity index (χ0) is 23.4. The van der Waals surface area contributed by atoms with Gasteiger partial charge in [-0.1, -0.05) is 64.1 Å². The van der Waals surface area contributed by atoms with E-state index in [1.165, 1.54) is 24.3 Å². The van der Waals surface area contributed by atoms with E-state index in [0.29, 0.717) is 22.5 Å². The van der Waals surface area contributed by atoms with E-state index in [-0.39, 0.29) is 16.1 Å². The number of alkyl halides is 4. The van der Waals surface area contributed by atoms with Crippen molar-refractivity contribution >= 4 is 69.8 Å². The molecular weight excluding hydrogens is 515 g/mol. The Morgan fingerprint density at radius 1 is 1.10 bits per heavy atom. The lowest BCUT2D eigenvalue weighted by Gasteiger charge is -2.18. The number of rotatable bonds is 6. The number of primary amides is 1. The van der Waals surface area contributed by atoms with E-state index in [2.05, 4.69) is 5.32 Å². The molecule has 2 aromatic rings. The third kappa shape index (κ3) is 4.33. The zero-order valence-corrected chi connectivity index (χ0v) is 19.6. The average molecular weight is 531 g/mol. The van der Waals surface area contributed by atoms with E-state index in [9.17, 15) is 18.4 Å². The number of halogens is 7. The standard InChI is InChI=1S/C20H15Cl5F2N2O2/c1-18(26,27)8-29-16(30)13-6-10(2-3-14(13)23)19(17(28)31)15(20(19,24)25)9-4-11(21)7-12(22)5-9/h2-7,15H,8H2,1H3,(H2,28,31)(H,29,30). The Kier molecular flexibility index (Phi) is 6.46. The summed E-state index contributed by atoms with van der Waals surface area (Å²) in [6, 6.07) is 8.65. The Bertz CT molecular complexity index is 1050. The van der Waals surface area contributed by atoms with Gasteiger partial charge in [0.25, 0.3) is 11.8 Å². The van der Waals surface area contributed by atoms with Gasteiger partial charge >= 0.3 is 0 Å². The minimum absolute atomic E-state index is 0.0157. The molecule has 1 saturated carbocycles. The van der Waals surface area contributed by atoms with Crippen molar-refractivity contribution in [1.29, 1.82) is 0 Å². The fourth-order valence-corrected chi connectivity index (χ4v) is 5.53. The van der Waals surface area contributed by atoms with E-state index in [1.807, 2.05) is 0 Å². The molecule has 1 aliphatic rings. The molecule has 0 saturated heterocycles. The highest BCUT2D eigenvalue weighted by molar-refractivity contribution is 6.55. The van der Waals surface area contributed by atoms with Gasteiger partial charge in [0.05, 0.1) is 17.1 Å². The first-order valence-corrected chi connectivity index (χ1v) is 10.7. The van der Waals surface area contributed by atoms with Gasteiger partial charge < -0.3 is 11.1 Å². The Labute approximate surface area is 201 Å². The van der Waals surface area contributed by atoms with Crippen LogP contribution in [0.1, 0.15) is 34.3 Å². The van der Waals surface area contributed by atoms with Gasteiger partial charge in [-0.3, -0.25) is 9.59 Å². The monoisotopic (exact) mass is 528 g/mol. The Hall–Kier alpha value is -1.31. The van der Waals surface area contributed by atoms with Crippen LogP contribution in [-0.4, -0.2) is 28.6 Å². The van der Waals surface area contributed by atoms with Crippen LogP contribution in [0.3, 0.4) is 0 Å². The molecule has 3 rings (SSSR count). The van der Waals surface area contributed by atoms with Crippen LogP contribution in [0.5, 0.6) is 0 Å². The van der Waals surface area contributed by atoms with Crippen molar-refractivity contribution in [2.75, 3.05) is 6.54 Å². The SMILES string of the molecule is CC(F)(F)CNC(=O)c1cc(C2(C(N)=O)C(c3cc(Cl)cc(Cl)c3)C2(Cl)Cl)ccc1Cl. The van der Waals surface area contributed by atoms with Crippen LogP contribution in [0.25, 0.3) is 0 Å². The smallest absolute Gasteiger partial charge is 0.262 e. The highest BCUT2D eigenvalue weighted by Crippen LogP contribution is 2.74. The molecule has 0 bridgehead atoms. The molecule has 0 aromatic heterocycles. The quantitative estimate of drug-likeness (QED) is 0.469. The predicted octanol–water partition coefficient (Wildman–Crippen LogP) is 5.73. The normalized spacial score (nSPS) is 22.1. The first-order valence-electron chi connectivity index (χ1n) is 8.81. The second-order valence-corrected chi connectivity index (χ2v) is 10.0. The lowest BCUT2D eigenvalue weighted by molar-refractivity contribution is -0.120. The highest BCUT2D eigenvalue weighted by Gasteiger charge is 2.80. The molecule has 0 radical (unpaired) electrons. The molecule has 0 aliphatic heterocycles. The summed E-state index contributed by atoms with van der Waals surface area (Å²) >= 11 is 31.3. The minimum atomic E-state index is -3.12. The van der Waals surface area contributed by atoms with Crippen molar-refractivity contribution in [3.05, 3.63) is 68.2 Å². The van der Waals surface area contributed by atoms with Crippen LogP contribution in [0, 0.1) is 0 Å². The van der Waals surface area contributed by atoms with Gasteiger partial charge in [-0.2, -0.15) is 0 Å². The van der Waals surface area contributed by atoms with Crippen molar-refractivity contribution in [2.24, 2.45) is 5.73 Å². The van der Waals surface area contributed by atoms with Gasteiger partial charge in [0.1, 0.15) is 9.75 Å². The van der Waals surface area contributed by atoms with E-state index in [4.69, 9.17) is 63.7 Å². The molecule has 2 aromatic carbocycles. The highest BCUT2D eigenvalue weighted by atomic mass is 35.5. The van der Waals surface area contributed by atoms with Gasteiger partial charge in [0, 0.05) is 22.9 Å². The number of benzene rings is 2. The third-order valence-corrected chi connectivity index (χ3v) is 6.87. The number of hydrogen-bond donors (Lipinski definition) is 2. The van der Waals surface area contributed by atoms with Gasteiger partial charge in [0.2, 0.25) is 5.91 Å². The molecule has 4 nitrogen and oxygen atoms in total. The molecule has 2 atom stereocenters. The molecule has 11 heteroatoms. The number of hydrogen-bond acceptors (Lipinski definition) is 2. The van der Waals surface area contributed by atoms with Gasteiger partial charge in [-0.05, 0) is 41.5 Å². The molecule has 31 heavy (non-hydrogen) atoms. The number of carbonyl (C=O) groups is 2. The van der Waals surface area contributed by atoms with Crippen molar-refractivity contribution in [1.82, 2.24) is 5.32 Å². The lowest BCUT2D eigenvalue weighted by Crippen LogP contribution is -2.36. The second-order valence-electron chi connectivity index (χ2n) is 7.38. The van der Waals surface area contributed by atoms with E-state index in [0.717, 1.165) is 0 Å². The van der Waals surface area contributed by atoms with Crippen LogP contribution >= 0.6 is 58.0 Å². The first-order chi connectivity index (χ1) is 14.2. The Morgan fingerprint density at radius 3 is 2.19 bits per heavy atom. The molecular formula is C20H15Cl5F2N2O2. The topological polar surface area (TPSA) is 72.2 Å². The summed E-state index contributed by atoms with van der Waals surface area (Å²) < 4.78 is 24.6. The van der Waals surface area contributed by atoms with Crippen molar-refractivity contribution < 1.29 is 18.4 Å². The molecule has 1 aliphatic carbocycles. The van der Waals surface area contributed by atoms with Crippen molar-refractivity contribution in [3.8, 4) is 0 Å². The average Bonchev–Trinajstić information content (AvgIpc) is 3.16. The lowest BCUT2D eigenvalue weighted by atomic mass is 9.88. The minimum Gasteiger partial charge on any atom is -0.369 e. The molecule has 0 heterocycles. The third-order valence-electron chi connectivity index (χ3n) is 5.07. The largest absolute Gasteiger partial charge is 0.369 e. The molecule has 2 unspecified atom stereocenters. The van der Waals surface area contributed by atoms with Crippen LogP contribution in [-0.2, 0) is 10.2 Å². The first kappa shape index (κ1) is 24.3. The summed E-state index contributed by atoms with van der Waals surface area (Å²) in [5.74, 6) is -5.67. The molecule has 166 valence electrons. The van der Waals surface area contributed by atoms with Crippen LogP contribution in [0.4, 0.5) is 8.78 Å². The van der Waals surface area contributed by atoms with Gasteiger partial charge in [0.15, 0.2) is 0 Å². The van der Waals surface area contributed by atoms with Crippen LogP contribution < -0.4 is 11.1 Å². The fourth-order valence-electron chi connectivity index (χ4n) is 3.69. The maximum atomic E-state index is 13.1. The molecule has 2 amide bonds.